The molecule has 0 aromatic rings. The van der Waals surface area contributed by atoms with Gasteiger partial charge in [-0.1, -0.05) is 62.5 Å². The van der Waals surface area contributed by atoms with Gasteiger partial charge in [-0.25, -0.2) is 0 Å². The van der Waals surface area contributed by atoms with Crippen molar-refractivity contribution in [3.05, 3.63) is 71.4 Å². The molecule has 19 atom stereocenters. The van der Waals surface area contributed by atoms with Crippen LogP contribution in [-0.4, -0.2) is 139 Å². The van der Waals surface area contributed by atoms with Crippen molar-refractivity contribution in [2.24, 2.45) is 23.7 Å². The number of carbonyl (C=O) groups is 1. The Labute approximate surface area is 384 Å². The molecular formula is C51H74O14. The van der Waals surface area contributed by atoms with Gasteiger partial charge in [0.15, 0.2) is 18.4 Å². The molecule has 14 nitrogen and oxygen atoms in total. The number of methoxy groups -OCH3 is 2. The van der Waals surface area contributed by atoms with Gasteiger partial charge in [-0.15, -0.1) is 0 Å². The predicted molar refractivity (Wildman–Crippen MR) is 239 cm³/mol. The Balaban J connectivity index is 1.08. The van der Waals surface area contributed by atoms with E-state index in [4.69, 9.17) is 47.4 Å². The molecule has 8 aliphatic rings. The highest BCUT2D eigenvalue weighted by Crippen LogP contribution is 2.48. The Morgan fingerprint density at radius 2 is 1.55 bits per heavy atom. The van der Waals surface area contributed by atoms with E-state index in [1.807, 2.05) is 32.1 Å². The lowest BCUT2D eigenvalue weighted by Gasteiger charge is -2.49. The number of fused-ring (bicyclic) bond motifs is 2. The van der Waals surface area contributed by atoms with Crippen LogP contribution >= 0.6 is 0 Å². The third-order valence-corrected chi connectivity index (χ3v) is 15.5. The molecule has 8 rings (SSSR count). The third kappa shape index (κ3) is 10.1. The lowest BCUT2D eigenvalue weighted by atomic mass is 9.71. The summed E-state index contributed by atoms with van der Waals surface area (Å²) in [6.07, 6.45) is 11.7. The number of hydrogen-bond donors (Lipinski definition) is 3. The van der Waals surface area contributed by atoms with Gasteiger partial charge < -0.3 is 62.7 Å². The maximum atomic E-state index is 14.5. The lowest BCUT2D eigenvalue weighted by molar-refractivity contribution is -0.318. The molecule has 0 radical (unpaired) electrons. The van der Waals surface area contributed by atoms with Crippen molar-refractivity contribution in [1.29, 1.82) is 0 Å². The van der Waals surface area contributed by atoms with Crippen molar-refractivity contribution in [2.45, 2.75) is 197 Å². The van der Waals surface area contributed by atoms with Crippen molar-refractivity contribution in [3.8, 4) is 0 Å². The molecule has 3 N–H and O–H groups in total. The molecule has 65 heavy (non-hydrogen) atoms. The summed E-state index contributed by atoms with van der Waals surface area (Å²) in [5.74, 6) is -2.50. The Kier molecular flexibility index (Phi) is 15.2. The Morgan fingerprint density at radius 3 is 2.29 bits per heavy atom. The molecule has 0 aromatic carbocycles. The summed E-state index contributed by atoms with van der Waals surface area (Å²) in [4.78, 5) is 14.5. The van der Waals surface area contributed by atoms with Crippen LogP contribution in [0.1, 0.15) is 99.3 Å². The quantitative estimate of drug-likeness (QED) is 0.199. The highest BCUT2D eigenvalue weighted by atomic mass is 16.7. The van der Waals surface area contributed by atoms with E-state index in [2.05, 4.69) is 32.6 Å². The van der Waals surface area contributed by atoms with Crippen molar-refractivity contribution < 1.29 is 67.5 Å². The largest absolute Gasteiger partial charge is 0.462 e. The molecule has 1 unspecified atom stereocenters. The van der Waals surface area contributed by atoms with Gasteiger partial charge in [-0.3, -0.25) is 4.79 Å². The van der Waals surface area contributed by atoms with Gasteiger partial charge in [-0.05, 0) is 88.5 Å². The first-order valence-corrected chi connectivity index (χ1v) is 24.0. The van der Waals surface area contributed by atoms with E-state index in [-0.39, 0.29) is 30.7 Å². The Hall–Kier alpha value is -2.57. The molecule has 2 aliphatic carbocycles. The topological polar surface area (TPSA) is 170 Å². The van der Waals surface area contributed by atoms with Crippen LogP contribution in [0.25, 0.3) is 0 Å². The molecule has 0 aromatic heterocycles. The molecule has 6 aliphatic heterocycles. The van der Waals surface area contributed by atoms with Crippen LogP contribution in [0, 0.1) is 23.7 Å². The molecule has 0 amide bonds. The number of aliphatic hydroxyl groups is 3. The predicted octanol–water partition coefficient (Wildman–Crippen LogP) is 6.08. The number of esters is 1. The fourth-order valence-corrected chi connectivity index (χ4v) is 11.6. The van der Waals surface area contributed by atoms with Gasteiger partial charge in [0.2, 0.25) is 0 Å². The van der Waals surface area contributed by atoms with Crippen molar-refractivity contribution in [3.63, 3.8) is 0 Å². The molecule has 362 valence electrons. The molecule has 1 saturated carbocycles. The normalized spacial score (nSPS) is 47.9. The van der Waals surface area contributed by atoms with Gasteiger partial charge >= 0.3 is 5.97 Å². The molecule has 1 spiro atoms. The average molecular weight is 911 g/mol. The van der Waals surface area contributed by atoms with E-state index in [1.54, 1.807) is 40.2 Å². The van der Waals surface area contributed by atoms with E-state index in [0.717, 1.165) is 31.3 Å². The second-order valence-electron chi connectivity index (χ2n) is 20.2. The molecule has 4 saturated heterocycles. The summed E-state index contributed by atoms with van der Waals surface area (Å²) in [7, 11) is 3.22. The second kappa shape index (κ2) is 20.2. The first-order chi connectivity index (χ1) is 31.0. The van der Waals surface area contributed by atoms with Crippen molar-refractivity contribution in [1.82, 2.24) is 0 Å². The van der Waals surface area contributed by atoms with E-state index in [9.17, 15) is 20.1 Å². The van der Waals surface area contributed by atoms with E-state index in [0.29, 0.717) is 49.2 Å². The smallest absolute Gasteiger partial charge is 0.316 e. The number of carbonyl (C=O) groups excluding carboxylic acids is 1. The van der Waals surface area contributed by atoms with E-state index >= 15 is 0 Å². The van der Waals surface area contributed by atoms with Gasteiger partial charge in [0, 0.05) is 51.7 Å². The molecule has 6 heterocycles. The zero-order valence-electron chi connectivity index (χ0n) is 39.5. The van der Waals surface area contributed by atoms with Crippen LogP contribution in [0.15, 0.2) is 71.4 Å². The number of hydrogen-bond acceptors (Lipinski definition) is 14. The minimum Gasteiger partial charge on any atom is -0.462 e. The first-order valence-electron chi connectivity index (χ1n) is 24.0. The van der Waals surface area contributed by atoms with Crippen LogP contribution in [0.3, 0.4) is 0 Å². The van der Waals surface area contributed by atoms with Gasteiger partial charge in [0.05, 0.1) is 49.3 Å². The summed E-state index contributed by atoms with van der Waals surface area (Å²) in [5.41, 5.74) is 1.41. The van der Waals surface area contributed by atoms with E-state index in [1.165, 1.54) is 5.57 Å². The van der Waals surface area contributed by atoms with Gasteiger partial charge in [0.1, 0.15) is 42.0 Å². The minimum atomic E-state index is -1.84. The highest BCUT2D eigenvalue weighted by molar-refractivity contribution is 5.78. The van der Waals surface area contributed by atoms with E-state index < -0.39 is 96.9 Å². The zero-order chi connectivity index (χ0) is 46.4. The maximum absolute atomic E-state index is 14.5. The first kappa shape index (κ1) is 48.9. The average Bonchev–Trinajstić information content (AvgIpc) is 3.62. The summed E-state index contributed by atoms with van der Waals surface area (Å²) in [6.45, 7) is 16.0. The Bertz CT molecular complexity index is 1860. The number of rotatable bonds is 7. The van der Waals surface area contributed by atoms with Crippen LogP contribution in [0.4, 0.5) is 0 Å². The number of aliphatic hydroxyl groups excluding tert-OH is 2. The third-order valence-electron chi connectivity index (χ3n) is 15.5. The molecular weight excluding hydrogens is 837 g/mol. The van der Waals surface area contributed by atoms with Gasteiger partial charge in [0.25, 0.3) is 0 Å². The van der Waals surface area contributed by atoms with Crippen LogP contribution < -0.4 is 0 Å². The summed E-state index contributed by atoms with van der Waals surface area (Å²) in [6, 6.07) is 0. The summed E-state index contributed by atoms with van der Waals surface area (Å²) < 4.78 is 64.2. The fourth-order valence-electron chi connectivity index (χ4n) is 11.6. The minimum absolute atomic E-state index is 0.0306. The zero-order valence-corrected chi connectivity index (χ0v) is 39.5. The highest BCUT2D eigenvalue weighted by Gasteiger charge is 2.60. The number of ether oxygens (including phenoxy) is 10. The van der Waals surface area contributed by atoms with Crippen molar-refractivity contribution in [2.75, 3.05) is 20.8 Å². The fraction of sp³-hybridized carbons (Fsp3) is 0.745. The summed E-state index contributed by atoms with van der Waals surface area (Å²) in [5, 5.41) is 34.4. The van der Waals surface area contributed by atoms with Gasteiger partial charge in [-0.2, -0.15) is 0 Å². The molecule has 5 fully saturated rings. The Morgan fingerprint density at radius 1 is 0.846 bits per heavy atom. The maximum Gasteiger partial charge on any atom is 0.316 e. The van der Waals surface area contributed by atoms with Crippen LogP contribution in [0.2, 0.25) is 0 Å². The molecule has 14 heteroatoms. The van der Waals surface area contributed by atoms with Crippen molar-refractivity contribution >= 4 is 5.97 Å². The molecule has 2 bridgehead atoms. The standard InChI is InChI=1S/C51H74O14/c1-27-13-16-34(17-14-27)46-30(4)19-20-50(65-46)25-37-22-36(64-50)18-15-29(3)45(28(2)11-10-12-35-26-58-48-43(52)31(5)21-38(49(54)61-37)51(35,48)55)62-42-24-40(57-9)47(33(7)60-42)63-41-23-39(56-8)44(53)32(6)59-41/h10-12,15,19-21,28,30,32-34,36-48,52-53,55H,1,13-14,16-18,22-26H2,2-9H3/b11-10-,29-15-,35-12?/t28-,30-,32-,33-,36+,37-,38-,39-,40-,41-,42-,43+,44-,45-,46?,47-,48+,50+,51+/m0/s1. The van der Waals surface area contributed by atoms with Crippen LogP contribution in [0.5, 0.6) is 0 Å². The second-order valence-corrected chi connectivity index (χ2v) is 20.2. The van der Waals surface area contributed by atoms with Crippen LogP contribution in [-0.2, 0) is 52.2 Å². The summed E-state index contributed by atoms with van der Waals surface area (Å²) >= 11 is 0. The lowest BCUT2D eigenvalue weighted by Crippen LogP contribution is -2.58. The SMILES string of the molecule is C=C1CCC(C2O[C@]3(C=C[C@@H]2C)C[C@@H]2C[C@@H](C/C=C(/C)[C@@H](O[C@H]4C[C@H](OC)[C@@H](O[C@H]5C[C@H](OC)[C@@H](O)[C@H](C)O5)[C@H](C)O4)[C@@H](C)/C=C\C=C4CO[C@@H]5[C@H](O)C(C)=C[C@@H](C(=O)O2)[C@]45O)O3)CC1. The monoisotopic (exact) mass is 911 g/mol. The number of allylic oxidation sites excluding steroid dienone is 3.